The molecule has 0 aliphatic carbocycles. The molecule has 9 nitrogen and oxygen atoms in total. The van der Waals surface area contributed by atoms with E-state index >= 15 is 0 Å². The monoisotopic (exact) mass is 378 g/mol. The first-order chi connectivity index (χ1) is 13.0. The molecule has 1 aromatic rings. The molecule has 1 aromatic carbocycles. The third kappa shape index (κ3) is 3.22. The minimum atomic E-state index is -0.782. The fourth-order valence-corrected chi connectivity index (χ4v) is 3.71. The van der Waals surface area contributed by atoms with E-state index in [0.717, 1.165) is 0 Å². The molecule has 9 heteroatoms. The standard InChI is InChI=1S/C18H22N2O7/c1-24-15-8-12(2-3-14(15)20-10-13(11-21)27-17(20)23)19-5-4-18(9-16(19)22)25-6-7-26-18/h2-3,8,13,21H,4-7,9-11H2,1H3. The Morgan fingerprint density at radius 1 is 1.26 bits per heavy atom. The van der Waals surface area contributed by atoms with E-state index in [2.05, 4.69) is 0 Å². The van der Waals surface area contributed by atoms with Crippen LogP contribution in [0.2, 0.25) is 0 Å². The molecule has 27 heavy (non-hydrogen) atoms. The maximum atomic E-state index is 12.6. The second kappa shape index (κ2) is 6.99. The summed E-state index contributed by atoms with van der Waals surface area (Å²) in [5.74, 6) is -0.417. The molecule has 0 radical (unpaired) electrons. The van der Waals surface area contributed by atoms with Crippen LogP contribution in [-0.2, 0) is 19.0 Å². The Morgan fingerprint density at radius 3 is 2.67 bits per heavy atom. The van der Waals surface area contributed by atoms with E-state index in [4.69, 9.17) is 18.9 Å². The molecular formula is C18H22N2O7. The van der Waals surface area contributed by atoms with Gasteiger partial charge in [0.05, 0.1) is 45.6 Å². The van der Waals surface area contributed by atoms with Crippen LogP contribution < -0.4 is 14.5 Å². The molecule has 3 aliphatic heterocycles. The van der Waals surface area contributed by atoms with Crippen molar-refractivity contribution < 1.29 is 33.6 Å². The molecule has 1 unspecified atom stereocenters. The van der Waals surface area contributed by atoms with E-state index in [9.17, 15) is 14.7 Å². The first-order valence-corrected chi connectivity index (χ1v) is 8.90. The highest BCUT2D eigenvalue weighted by molar-refractivity contribution is 5.96. The molecule has 3 saturated heterocycles. The van der Waals surface area contributed by atoms with Crippen LogP contribution in [-0.4, -0.2) is 69.0 Å². The zero-order valence-corrected chi connectivity index (χ0v) is 15.1. The van der Waals surface area contributed by atoms with Crippen LogP contribution in [0, 0.1) is 0 Å². The Bertz CT molecular complexity index is 747. The predicted molar refractivity (Wildman–Crippen MR) is 93.9 cm³/mol. The molecule has 3 fully saturated rings. The molecule has 1 N–H and O–H groups in total. The number of aliphatic hydroxyl groups is 1. The number of hydrogen-bond donors (Lipinski definition) is 1. The van der Waals surface area contributed by atoms with Crippen LogP contribution in [0.25, 0.3) is 0 Å². The average Bonchev–Trinajstić information content (AvgIpc) is 3.28. The quantitative estimate of drug-likeness (QED) is 0.831. The van der Waals surface area contributed by atoms with Crippen LogP contribution in [0.1, 0.15) is 12.8 Å². The summed E-state index contributed by atoms with van der Waals surface area (Å²) in [5.41, 5.74) is 1.21. The number of amides is 2. The van der Waals surface area contributed by atoms with E-state index in [0.29, 0.717) is 43.3 Å². The number of anilines is 2. The van der Waals surface area contributed by atoms with Gasteiger partial charge in [-0.05, 0) is 12.1 Å². The molecule has 4 rings (SSSR count). The number of hydrogen-bond acceptors (Lipinski definition) is 7. The highest BCUT2D eigenvalue weighted by Crippen LogP contribution is 2.38. The van der Waals surface area contributed by atoms with Crippen molar-refractivity contribution in [2.24, 2.45) is 0 Å². The van der Waals surface area contributed by atoms with Crippen LogP contribution in [0.15, 0.2) is 18.2 Å². The van der Waals surface area contributed by atoms with Crippen molar-refractivity contribution in [1.29, 1.82) is 0 Å². The zero-order valence-electron chi connectivity index (χ0n) is 15.1. The number of carbonyl (C=O) groups is 2. The summed E-state index contributed by atoms with van der Waals surface area (Å²) in [6.07, 6.45) is -0.326. The van der Waals surface area contributed by atoms with Gasteiger partial charge in [0.1, 0.15) is 11.9 Å². The Labute approximate surface area is 156 Å². The highest BCUT2D eigenvalue weighted by atomic mass is 16.7. The predicted octanol–water partition coefficient (Wildman–Crippen LogP) is 0.883. The molecule has 146 valence electrons. The number of cyclic esters (lactones) is 1. The van der Waals surface area contributed by atoms with Gasteiger partial charge in [0.15, 0.2) is 5.79 Å². The Morgan fingerprint density at radius 2 is 2.04 bits per heavy atom. The molecular weight excluding hydrogens is 356 g/mol. The molecule has 1 atom stereocenters. The SMILES string of the molecule is COc1cc(N2CCC3(CC2=O)OCCO3)ccc1N1CC(CO)OC1=O. The number of ether oxygens (including phenoxy) is 4. The number of aliphatic hydroxyl groups excluding tert-OH is 1. The van der Waals surface area contributed by atoms with Crippen LogP contribution in [0.3, 0.4) is 0 Å². The van der Waals surface area contributed by atoms with E-state index in [-0.39, 0.29) is 25.5 Å². The molecule has 0 aromatic heterocycles. The van der Waals surface area contributed by atoms with Crippen LogP contribution >= 0.6 is 0 Å². The number of piperidine rings is 1. The number of rotatable bonds is 4. The van der Waals surface area contributed by atoms with Crippen molar-refractivity contribution in [1.82, 2.24) is 0 Å². The summed E-state index contributed by atoms with van der Waals surface area (Å²) < 4.78 is 21.8. The van der Waals surface area contributed by atoms with Crippen molar-refractivity contribution in [3.05, 3.63) is 18.2 Å². The summed E-state index contributed by atoms with van der Waals surface area (Å²) >= 11 is 0. The van der Waals surface area contributed by atoms with E-state index in [1.54, 1.807) is 23.1 Å². The lowest BCUT2D eigenvalue weighted by Crippen LogP contribution is -2.48. The maximum Gasteiger partial charge on any atom is 0.414 e. The summed E-state index contributed by atoms with van der Waals surface area (Å²) in [5, 5.41) is 9.21. The van der Waals surface area contributed by atoms with Crippen LogP contribution in [0.4, 0.5) is 16.2 Å². The van der Waals surface area contributed by atoms with Crippen molar-refractivity contribution >= 4 is 23.4 Å². The van der Waals surface area contributed by atoms with Gasteiger partial charge in [0.25, 0.3) is 0 Å². The fraction of sp³-hybridized carbons (Fsp3) is 0.556. The van der Waals surface area contributed by atoms with E-state index in [1.165, 1.54) is 12.0 Å². The number of benzene rings is 1. The van der Waals surface area contributed by atoms with Gasteiger partial charge in [0, 0.05) is 24.7 Å². The van der Waals surface area contributed by atoms with Crippen molar-refractivity contribution in [3.63, 3.8) is 0 Å². The Balaban J connectivity index is 1.55. The van der Waals surface area contributed by atoms with Gasteiger partial charge >= 0.3 is 6.09 Å². The zero-order chi connectivity index (χ0) is 19.0. The van der Waals surface area contributed by atoms with Crippen molar-refractivity contribution in [3.8, 4) is 5.75 Å². The normalized spacial score (nSPS) is 24.6. The molecule has 0 saturated carbocycles. The van der Waals surface area contributed by atoms with Gasteiger partial charge in [-0.25, -0.2) is 4.79 Å². The number of nitrogens with zero attached hydrogens (tertiary/aromatic N) is 2. The minimum Gasteiger partial charge on any atom is -0.494 e. The molecule has 2 amide bonds. The smallest absolute Gasteiger partial charge is 0.414 e. The third-order valence-electron chi connectivity index (χ3n) is 5.09. The molecule has 3 heterocycles. The second-order valence-electron chi connectivity index (χ2n) is 6.73. The molecule has 1 spiro atoms. The minimum absolute atomic E-state index is 0.0844. The number of methoxy groups -OCH3 is 1. The van der Waals surface area contributed by atoms with Gasteiger partial charge in [0.2, 0.25) is 5.91 Å². The van der Waals surface area contributed by atoms with Gasteiger partial charge in [-0.15, -0.1) is 0 Å². The lowest BCUT2D eigenvalue weighted by Gasteiger charge is -2.37. The van der Waals surface area contributed by atoms with Gasteiger partial charge in [-0.2, -0.15) is 0 Å². The average molecular weight is 378 g/mol. The van der Waals surface area contributed by atoms with E-state index in [1.807, 2.05) is 0 Å². The summed E-state index contributed by atoms with van der Waals surface area (Å²) in [4.78, 5) is 27.8. The van der Waals surface area contributed by atoms with Crippen molar-refractivity contribution in [2.45, 2.75) is 24.7 Å². The van der Waals surface area contributed by atoms with Crippen molar-refractivity contribution in [2.75, 3.05) is 49.8 Å². The summed E-state index contributed by atoms with van der Waals surface area (Å²) in [6.45, 7) is 1.49. The topological polar surface area (TPSA) is 97.8 Å². The molecule has 3 aliphatic rings. The highest BCUT2D eigenvalue weighted by Gasteiger charge is 2.44. The van der Waals surface area contributed by atoms with Gasteiger partial charge < -0.3 is 29.0 Å². The lowest BCUT2D eigenvalue weighted by atomic mass is 10.0. The maximum absolute atomic E-state index is 12.6. The summed E-state index contributed by atoms with van der Waals surface area (Å²) in [7, 11) is 1.50. The fourth-order valence-electron chi connectivity index (χ4n) is 3.71. The first kappa shape index (κ1) is 18.0. The lowest BCUT2D eigenvalue weighted by molar-refractivity contribution is -0.177. The largest absolute Gasteiger partial charge is 0.494 e. The Hall–Kier alpha value is -2.36. The second-order valence-corrected chi connectivity index (χ2v) is 6.73. The number of carbonyl (C=O) groups excluding carboxylic acids is 2. The summed E-state index contributed by atoms with van der Waals surface area (Å²) in [6, 6.07) is 5.21. The van der Waals surface area contributed by atoms with Crippen LogP contribution in [0.5, 0.6) is 5.75 Å². The molecule has 0 bridgehead atoms. The van der Waals surface area contributed by atoms with Gasteiger partial charge in [-0.1, -0.05) is 0 Å². The van der Waals surface area contributed by atoms with Gasteiger partial charge in [-0.3, -0.25) is 9.69 Å². The Kier molecular flexibility index (Phi) is 4.67. The first-order valence-electron chi connectivity index (χ1n) is 8.90. The third-order valence-corrected chi connectivity index (χ3v) is 5.09. The van der Waals surface area contributed by atoms with E-state index < -0.39 is 18.0 Å².